The molecule has 6 nitrogen and oxygen atoms in total. The highest BCUT2D eigenvalue weighted by Crippen LogP contribution is 2.26. The number of carbonyl (C=O) groups excluding carboxylic acids is 2. The van der Waals surface area contributed by atoms with Crippen LogP contribution >= 0.6 is 11.8 Å². The van der Waals surface area contributed by atoms with E-state index in [4.69, 9.17) is 0 Å². The van der Waals surface area contributed by atoms with Crippen molar-refractivity contribution in [2.75, 3.05) is 25.1 Å². The number of nitrogens with one attached hydrogen (secondary N) is 1. The maximum Gasteiger partial charge on any atom is 0.245 e. The van der Waals surface area contributed by atoms with Gasteiger partial charge in [-0.05, 0) is 37.3 Å². The molecule has 0 spiro atoms. The van der Waals surface area contributed by atoms with Gasteiger partial charge in [-0.1, -0.05) is 0 Å². The molecule has 1 N–H and O–H groups in total. The molecule has 1 aliphatic heterocycles. The topological polar surface area (TPSA) is 67.2 Å². The largest absolute Gasteiger partial charge is 0.345 e. The fourth-order valence-electron chi connectivity index (χ4n) is 3.03. The molecule has 2 heterocycles. The number of nitrogens with zero attached hydrogens (tertiary/aromatic N) is 3. The minimum Gasteiger partial charge on any atom is -0.345 e. The number of hydrogen-bond acceptors (Lipinski definition) is 4. The summed E-state index contributed by atoms with van der Waals surface area (Å²) >= 11 is 1.69. The number of likely N-dealkylation sites (tertiary alicyclic amines) is 1. The van der Waals surface area contributed by atoms with Gasteiger partial charge in [0.25, 0.3) is 0 Å². The molecule has 1 aromatic rings. The zero-order chi connectivity index (χ0) is 16.8. The highest BCUT2D eigenvalue weighted by atomic mass is 32.2. The van der Waals surface area contributed by atoms with E-state index in [2.05, 4.69) is 10.4 Å². The van der Waals surface area contributed by atoms with Crippen LogP contribution < -0.4 is 5.32 Å². The van der Waals surface area contributed by atoms with E-state index >= 15 is 0 Å². The zero-order valence-corrected chi connectivity index (χ0v) is 14.9. The van der Waals surface area contributed by atoms with Crippen molar-refractivity contribution in [2.24, 2.45) is 7.05 Å². The molecule has 2 amide bonds. The summed E-state index contributed by atoms with van der Waals surface area (Å²) in [6.45, 7) is 2.91. The molecule has 2 atom stereocenters. The number of carbonyl (C=O) groups is 2. The quantitative estimate of drug-likeness (QED) is 0.851. The first-order valence-electron chi connectivity index (χ1n) is 8.05. The highest BCUT2D eigenvalue weighted by molar-refractivity contribution is 7.98. The van der Waals surface area contributed by atoms with Gasteiger partial charge in [0.1, 0.15) is 6.04 Å². The first-order chi connectivity index (χ1) is 11.0. The van der Waals surface area contributed by atoms with Gasteiger partial charge in [-0.2, -0.15) is 16.9 Å². The predicted octanol–water partition coefficient (Wildman–Crippen LogP) is 1.38. The summed E-state index contributed by atoms with van der Waals surface area (Å²) in [5.41, 5.74) is 1.05. The average Bonchev–Trinajstić information content (AvgIpc) is 2.97. The Hall–Kier alpha value is -1.50. The van der Waals surface area contributed by atoms with Gasteiger partial charge in [-0.25, -0.2) is 0 Å². The van der Waals surface area contributed by atoms with Crippen LogP contribution in [-0.2, 0) is 16.6 Å². The van der Waals surface area contributed by atoms with Crippen molar-refractivity contribution in [3.05, 3.63) is 18.0 Å². The maximum absolute atomic E-state index is 12.8. The second kappa shape index (κ2) is 8.38. The van der Waals surface area contributed by atoms with Crippen LogP contribution in [0.2, 0.25) is 0 Å². The molecule has 128 valence electrons. The van der Waals surface area contributed by atoms with Crippen molar-refractivity contribution in [1.82, 2.24) is 20.0 Å². The van der Waals surface area contributed by atoms with Gasteiger partial charge in [0.15, 0.2) is 0 Å². The van der Waals surface area contributed by atoms with Crippen molar-refractivity contribution < 1.29 is 9.59 Å². The van der Waals surface area contributed by atoms with Crippen molar-refractivity contribution in [2.45, 2.75) is 38.1 Å². The van der Waals surface area contributed by atoms with Crippen molar-refractivity contribution in [3.8, 4) is 0 Å². The van der Waals surface area contributed by atoms with Gasteiger partial charge in [-0.15, -0.1) is 0 Å². The normalized spacial score (nSPS) is 19.4. The zero-order valence-electron chi connectivity index (χ0n) is 14.1. The van der Waals surface area contributed by atoms with Gasteiger partial charge in [0.05, 0.1) is 5.69 Å². The van der Waals surface area contributed by atoms with Gasteiger partial charge in [-0.3, -0.25) is 14.3 Å². The predicted molar refractivity (Wildman–Crippen MR) is 92.4 cm³/mol. The molecular weight excluding hydrogens is 312 g/mol. The van der Waals surface area contributed by atoms with Crippen LogP contribution in [-0.4, -0.2) is 57.6 Å². The summed E-state index contributed by atoms with van der Waals surface area (Å²) in [5, 5.41) is 7.28. The monoisotopic (exact) mass is 338 g/mol. The molecule has 0 bridgehead atoms. The molecule has 1 aliphatic rings. The Kier molecular flexibility index (Phi) is 6.50. The van der Waals surface area contributed by atoms with E-state index in [-0.39, 0.29) is 17.7 Å². The first kappa shape index (κ1) is 17.8. The smallest absolute Gasteiger partial charge is 0.245 e. The Labute approximate surface area is 142 Å². The molecule has 0 aliphatic carbocycles. The van der Waals surface area contributed by atoms with Crippen molar-refractivity contribution in [1.29, 1.82) is 0 Å². The number of amides is 2. The highest BCUT2D eigenvalue weighted by Gasteiger charge is 2.30. The lowest BCUT2D eigenvalue weighted by molar-refractivity contribution is -0.137. The molecule has 1 aromatic heterocycles. The van der Waals surface area contributed by atoms with Crippen molar-refractivity contribution >= 4 is 23.6 Å². The minimum atomic E-state index is -0.414. The SMILES string of the molecule is CSCC[C@@H](NC(C)=O)C(=O)N1CCC[C@@H](c2ccn(C)n2)C1. The molecular formula is C16H26N4O2S. The summed E-state index contributed by atoms with van der Waals surface area (Å²) in [5.74, 6) is 1.03. The van der Waals surface area contributed by atoms with Crippen LogP contribution in [0, 0.1) is 0 Å². The summed E-state index contributed by atoms with van der Waals surface area (Å²) in [7, 11) is 1.91. The Morgan fingerprint density at radius 3 is 2.91 bits per heavy atom. The van der Waals surface area contributed by atoms with Gasteiger partial charge >= 0.3 is 0 Å². The van der Waals surface area contributed by atoms with E-state index in [1.807, 2.05) is 30.5 Å². The first-order valence-corrected chi connectivity index (χ1v) is 9.45. The lowest BCUT2D eigenvalue weighted by Crippen LogP contribution is -2.50. The van der Waals surface area contributed by atoms with E-state index in [0.29, 0.717) is 13.0 Å². The van der Waals surface area contributed by atoms with E-state index in [1.165, 1.54) is 6.92 Å². The number of rotatable bonds is 6. The number of hydrogen-bond donors (Lipinski definition) is 1. The van der Waals surface area contributed by atoms with Crippen molar-refractivity contribution in [3.63, 3.8) is 0 Å². The van der Waals surface area contributed by atoms with Crippen LogP contribution in [0.3, 0.4) is 0 Å². The third-order valence-corrected chi connectivity index (χ3v) is 4.82. The molecule has 2 rings (SSSR count). The Balaban J connectivity index is 2.02. The van der Waals surface area contributed by atoms with E-state index < -0.39 is 6.04 Å². The molecule has 1 fully saturated rings. The number of thioether (sulfide) groups is 1. The van der Waals surface area contributed by atoms with Gasteiger partial charge in [0, 0.05) is 39.2 Å². The van der Waals surface area contributed by atoms with Gasteiger partial charge < -0.3 is 10.2 Å². The number of aryl methyl sites for hydroxylation is 1. The fourth-order valence-corrected chi connectivity index (χ4v) is 3.50. The van der Waals surface area contributed by atoms with Crippen LogP contribution in [0.4, 0.5) is 0 Å². The molecule has 0 saturated carbocycles. The minimum absolute atomic E-state index is 0.0369. The summed E-state index contributed by atoms with van der Waals surface area (Å²) in [6, 6.07) is 1.61. The Bertz CT molecular complexity index is 546. The molecule has 23 heavy (non-hydrogen) atoms. The Morgan fingerprint density at radius 1 is 1.52 bits per heavy atom. The second-order valence-electron chi connectivity index (χ2n) is 6.07. The summed E-state index contributed by atoms with van der Waals surface area (Å²) in [4.78, 5) is 26.1. The maximum atomic E-state index is 12.8. The molecule has 1 saturated heterocycles. The number of aromatic nitrogens is 2. The van der Waals surface area contributed by atoms with E-state index in [0.717, 1.165) is 30.8 Å². The van der Waals surface area contributed by atoms with E-state index in [9.17, 15) is 9.59 Å². The molecule has 0 radical (unpaired) electrons. The molecule has 0 unspecified atom stereocenters. The van der Waals surface area contributed by atoms with Crippen LogP contribution in [0.1, 0.15) is 37.8 Å². The molecule has 7 heteroatoms. The third-order valence-electron chi connectivity index (χ3n) is 4.17. The lowest BCUT2D eigenvalue weighted by atomic mass is 9.94. The number of piperidine rings is 1. The summed E-state index contributed by atoms with van der Waals surface area (Å²) < 4.78 is 1.80. The average molecular weight is 338 g/mol. The second-order valence-corrected chi connectivity index (χ2v) is 7.06. The fraction of sp³-hybridized carbons (Fsp3) is 0.688. The third kappa shape index (κ3) is 4.99. The van der Waals surface area contributed by atoms with Crippen LogP contribution in [0.5, 0.6) is 0 Å². The van der Waals surface area contributed by atoms with Gasteiger partial charge in [0.2, 0.25) is 11.8 Å². The lowest BCUT2D eigenvalue weighted by Gasteiger charge is -2.34. The van der Waals surface area contributed by atoms with E-state index in [1.54, 1.807) is 16.4 Å². The molecule has 0 aromatic carbocycles. The van der Waals surface area contributed by atoms with Crippen LogP contribution in [0.25, 0.3) is 0 Å². The Morgan fingerprint density at radius 2 is 2.30 bits per heavy atom. The standard InChI is InChI=1S/C16H26N4O2S/c1-12(21)17-15(7-10-23-3)16(22)20-8-4-5-13(11-20)14-6-9-19(2)18-14/h6,9,13,15H,4-5,7-8,10-11H2,1-3H3,(H,17,21)/t13-,15-/m1/s1. The summed E-state index contributed by atoms with van der Waals surface area (Å²) in [6.07, 6.45) is 6.64. The van der Waals surface area contributed by atoms with Crippen LogP contribution in [0.15, 0.2) is 12.3 Å².